The lowest BCUT2D eigenvalue weighted by molar-refractivity contribution is -0.118. The molecule has 0 aromatic heterocycles. The summed E-state index contributed by atoms with van der Waals surface area (Å²) in [6.45, 7) is 3.58. The first kappa shape index (κ1) is 15.5. The van der Waals surface area contributed by atoms with Gasteiger partial charge in [-0.2, -0.15) is 0 Å². The smallest absolute Gasteiger partial charge is 0.132 e. The molecule has 1 unspecified atom stereocenters. The van der Waals surface area contributed by atoms with Crippen LogP contribution in [0.25, 0.3) is 0 Å². The fraction of sp³-hybridized carbons (Fsp3) is 0.316. The fourth-order valence-corrected chi connectivity index (χ4v) is 2.64. The van der Waals surface area contributed by atoms with Crippen LogP contribution in [-0.2, 0) is 4.79 Å². The molecule has 0 aliphatic rings. The van der Waals surface area contributed by atoms with Crippen molar-refractivity contribution in [2.24, 2.45) is 0 Å². The first-order valence-electron chi connectivity index (χ1n) is 7.35. The van der Waals surface area contributed by atoms with Crippen LogP contribution in [0.15, 0.2) is 54.6 Å². The third-order valence-corrected chi connectivity index (χ3v) is 3.71. The molecule has 0 fully saturated rings. The van der Waals surface area contributed by atoms with E-state index in [4.69, 9.17) is 0 Å². The van der Waals surface area contributed by atoms with Gasteiger partial charge in [-0.15, -0.1) is 0 Å². The maximum absolute atomic E-state index is 11.2. The van der Waals surface area contributed by atoms with E-state index in [1.165, 1.54) is 23.6 Å². The van der Waals surface area contributed by atoms with E-state index < -0.39 is 6.10 Å². The Hall–Kier alpha value is -1.93. The van der Waals surface area contributed by atoms with E-state index in [-0.39, 0.29) is 18.1 Å². The second-order valence-electron chi connectivity index (χ2n) is 5.67. The summed E-state index contributed by atoms with van der Waals surface area (Å²) < 4.78 is 0. The Morgan fingerprint density at radius 3 is 2.14 bits per heavy atom. The highest BCUT2D eigenvalue weighted by molar-refractivity contribution is 5.75. The molecule has 2 aromatic carbocycles. The SMILES string of the molecule is CC(=O)C[C@@H](O)CC(c1ccccc1)c1ccc(C)cc1. The molecule has 0 heterocycles. The lowest BCUT2D eigenvalue weighted by atomic mass is 9.85. The molecule has 0 radical (unpaired) electrons. The Kier molecular flexibility index (Phi) is 5.29. The number of aliphatic hydroxyl groups is 1. The average Bonchev–Trinajstić information content (AvgIpc) is 2.46. The first-order valence-corrected chi connectivity index (χ1v) is 7.35. The second-order valence-corrected chi connectivity index (χ2v) is 5.67. The summed E-state index contributed by atoms with van der Waals surface area (Å²) in [7, 11) is 0. The number of benzene rings is 2. The minimum atomic E-state index is -0.603. The van der Waals surface area contributed by atoms with E-state index in [2.05, 4.69) is 43.3 Å². The second kappa shape index (κ2) is 7.19. The third-order valence-electron chi connectivity index (χ3n) is 3.71. The van der Waals surface area contributed by atoms with Gasteiger partial charge in [-0.1, -0.05) is 60.2 Å². The van der Waals surface area contributed by atoms with Crippen LogP contribution in [0, 0.1) is 6.92 Å². The number of carbonyl (C=O) groups excluding carboxylic acids is 1. The zero-order chi connectivity index (χ0) is 15.2. The van der Waals surface area contributed by atoms with Gasteiger partial charge >= 0.3 is 0 Å². The molecule has 1 N–H and O–H groups in total. The Morgan fingerprint density at radius 1 is 1.00 bits per heavy atom. The summed E-state index contributed by atoms with van der Waals surface area (Å²) in [4.78, 5) is 11.2. The van der Waals surface area contributed by atoms with Crippen molar-refractivity contribution in [1.29, 1.82) is 0 Å². The molecular formula is C19H22O2. The number of hydrogen-bond donors (Lipinski definition) is 1. The summed E-state index contributed by atoms with van der Waals surface area (Å²) in [6, 6.07) is 18.5. The number of aryl methyl sites for hydroxylation is 1. The summed E-state index contributed by atoms with van der Waals surface area (Å²) in [5, 5.41) is 10.1. The Morgan fingerprint density at radius 2 is 1.57 bits per heavy atom. The minimum absolute atomic E-state index is 0.0261. The van der Waals surface area contributed by atoms with Gasteiger partial charge in [-0.25, -0.2) is 0 Å². The Balaban J connectivity index is 2.26. The largest absolute Gasteiger partial charge is 0.393 e. The number of carbonyl (C=O) groups is 1. The summed E-state index contributed by atoms with van der Waals surface area (Å²) >= 11 is 0. The van der Waals surface area contributed by atoms with Gasteiger partial charge in [0.15, 0.2) is 0 Å². The van der Waals surface area contributed by atoms with Crippen molar-refractivity contribution >= 4 is 5.78 Å². The van der Waals surface area contributed by atoms with Crippen molar-refractivity contribution in [2.75, 3.05) is 0 Å². The van der Waals surface area contributed by atoms with E-state index in [0.717, 1.165) is 0 Å². The van der Waals surface area contributed by atoms with Crippen molar-refractivity contribution in [3.05, 3.63) is 71.3 Å². The highest BCUT2D eigenvalue weighted by atomic mass is 16.3. The van der Waals surface area contributed by atoms with Crippen molar-refractivity contribution in [2.45, 2.75) is 38.7 Å². The summed E-state index contributed by atoms with van der Waals surface area (Å²) in [6.07, 6.45) is 0.177. The summed E-state index contributed by atoms with van der Waals surface area (Å²) in [5.41, 5.74) is 3.56. The predicted molar refractivity (Wildman–Crippen MR) is 85.4 cm³/mol. The van der Waals surface area contributed by atoms with Crippen molar-refractivity contribution in [3.63, 3.8) is 0 Å². The van der Waals surface area contributed by atoms with Gasteiger partial charge < -0.3 is 5.11 Å². The number of Topliss-reactive ketones (excluding diaryl/α,β-unsaturated/α-hetero) is 1. The van der Waals surface area contributed by atoms with E-state index in [0.29, 0.717) is 6.42 Å². The molecule has 2 aromatic rings. The van der Waals surface area contributed by atoms with E-state index in [1.54, 1.807) is 0 Å². The van der Waals surface area contributed by atoms with E-state index in [1.807, 2.05) is 18.2 Å². The predicted octanol–water partition coefficient (Wildman–Crippen LogP) is 3.86. The van der Waals surface area contributed by atoms with Gasteiger partial charge in [0, 0.05) is 12.3 Å². The zero-order valence-corrected chi connectivity index (χ0v) is 12.6. The molecule has 0 amide bonds. The molecule has 21 heavy (non-hydrogen) atoms. The molecule has 2 nitrogen and oxygen atoms in total. The number of rotatable bonds is 6. The standard InChI is InChI=1S/C19H22O2/c1-14-8-10-17(11-9-14)19(13-18(21)12-15(2)20)16-6-4-3-5-7-16/h3-11,18-19,21H,12-13H2,1-2H3/t18-,19?/m1/s1. The van der Waals surface area contributed by atoms with Crippen molar-refractivity contribution in [1.82, 2.24) is 0 Å². The summed E-state index contributed by atoms with van der Waals surface area (Å²) in [5.74, 6) is 0.138. The van der Waals surface area contributed by atoms with E-state index in [9.17, 15) is 9.90 Å². The highest BCUT2D eigenvalue weighted by Crippen LogP contribution is 2.30. The van der Waals surface area contributed by atoms with Crippen LogP contribution in [0.4, 0.5) is 0 Å². The Bertz CT molecular complexity index is 572. The van der Waals surface area contributed by atoms with Gasteiger partial charge in [0.1, 0.15) is 5.78 Å². The normalized spacial score (nSPS) is 13.7. The molecule has 2 heteroatoms. The number of ketones is 1. The molecule has 0 aliphatic heterocycles. The van der Waals surface area contributed by atoms with Gasteiger partial charge in [0.05, 0.1) is 6.10 Å². The molecule has 0 spiro atoms. The molecule has 0 saturated heterocycles. The zero-order valence-electron chi connectivity index (χ0n) is 12.6. The molecule has 0 saturated carbocycles. The van der Waals surface area contributed by atoms with Gasteiger partial charge in [-0.05, 0) is 31.4 Å². The van der Waals surface area contributed by atoms with Gasteiger partial charge in [0.25, 0.3) is 0 Å². The average molecular weight is 282 g/mol. The fourth-order valence-electron chi connectivity index (χ4n) is 2.64. The van der Waals surface area contributed by atoms with Gasteiger partial charge in [0.2, 0.25) is 0 Å². The van der Waals surface area contributed by atoms with E-state index >= 15 is 0 Å². The third kappa shape index (κ3) is 4.54. The van der Waals surface area contributed by atoms with Crippen LogP contribution in [0.5, 0.6) is 0 Å². The molecular weight excluding hydrogens is 260 g/mol. The number of hydrogen-bond acceptors (Lipinski definition) is 2. The van der Waals surface area contributed by atoms with Crippen molar-refractivity contribution < 1.29 is 9.90 Å². The Labute approximate surface area is 126 Å². The van der Waals surface area contributed by atoms with Crippen LogP contribution in [-0.4, -0.2) is 17.0 Å². The maximum atomic E-state index is 11.2. The van der Waals surface area contributed by atoms with Crippen LogP contribution in [0.2, 0.25) is 0 Å². The molecule has 110 valence electrons. The molecule has 2 atom stereocenters. The minimum Gasteiger partial charge on any atom is -0.393 e. The van der Waals surface area contributed by atoms with Crippen LogP contribution < -0.4 is 0 Å². The highest BCUT2D eigenvalue weighted by Gasteiger charge is 2.19. The van der Waals surface area contributed by atoms with Crippen LogP contribution in [0.3, 0.4) is 0 Å². The molecule has 2 rings (SSSR count). The quantitative estimate of drug-likeness (QED) is 0.873. The topological polar surface area (TPSA) is 37.3 Å². The molecule has 0 bridgehead atoms. The first-order chi connectivity index (χ1) is 10.1. The van der Waals surface area contributed by atoms with Crippen molar-refractivity contribution in [3.8, 4) is 0 Å². The van der Waals surface area contributed by atoms with Crippen LogP contribution >= 0.6 is 0 Å². The lowest BCUT2D eigenvalue weighted by Gasteiger charge is -2.21. The van der Waals surface area contributed by atoms with Gasteiger partial charge in [-0.3, -0.25) is 4.79 Å². The lowest BCUT2D eigenvalue weighted by Crippen LogP contribution is -2.16. The monoisotopic (exact) mass is 282 g/mol. The van der Waals surface area contributed by atoms with Crippen LogP contribution in [0.1, 0.15) is 42.4 Å². The maximum Gasteiger partial charge on any atom is 0.132 e. The molecule has 0 aliphatic carbocycles. The number of aliphatic hydroxyl groups excluding tert-OH is 1.